The molecule has 350 valence electrons. The Balaban J connectivity index is 1.30. The molecule has 0 aliphatic carbocycles. The van der Waals surface area contributed by atoms with Crippen LogP contribution in [0.4, 0.5) is 34.1 Å². The molecule has 0 saturated heterocycles. The Kier molecular flexibility index (Phi) is 9.86. The minimum Gasteiger partial charge on any atom is -0.311 e. The summed E-state index contributed by atoms with van der Waals surface area (Å²) in [4.78, 5) is 19.3. The second kappa shape index (κ2) is 15.6. The fourth-order valence-electron chi connectivity index (χ4n) is 11.4. The number of anilines is 6. The third-order valence-electron chi connectivity index (χ3n) is 15.4. The SMILES string of the molecule is CC(C)(C)c1cc(N2c3cc(-c4ncncn4)cc4c3B(c3ccc5c(ccc6ccccc65)c32)c2ccc3c(ccc5ccccc53)c2N4c2cc(C(C)(C)C)cc(C(C)(C)C)c2)cc(C(C)(C)C)c1. The summed E-state index contributed by atoms with van der Waals surface area (Å²) in [6.07, 6.45) is 3.25. The lowest BCUT2D eigenvalue weighted by molar-refractivity contribution is 0.568. The number of aromatic nitrogens is 3. The molecule has 10 aromatic rings. The second-order valence-corrected chi connectivity index (χ2v) is 24.3. The maximum atomic E-state index is 4.89. The number of nitrogens with zero attached hydrogens (tertiary/aromatic N) is 5. The van der Waals surface area contributed by atoms with E-state index in [0.717, 1.165) is 28.3 Å². The largest absolute Gasteiger partial charge is 0.311 e. The zero-order valence-electron chi connectivity index (χ0n) is 43.3. The van der Waals surface area contributed by atoms with Crippen molar-refractivity contribution in [3.8, 4) is 11.4 Å². The maximum Gasteiger partial charge on any atom is 0.252 e. The van der Waals surface area contributed by atoms with Gasteiger partial charge in [-0.05, 0) is 129 Å². The van der Waals surface area contributed by atoms with E-state index in [1.807, 2.05) is 0 Å². The fraction of sp³-hybridized carbons (Fsp3) is 0.246. The van der Waals surface area contributed by atoms with Crippen molar-refractivity contribution in [1.29, 1.82) is 0 Å². The molecule has 0 fully saturated rings. The fourth-order valence-corrected chi connectivity index (χ4v) is 11.4. The molecule has 0 unspecified atom stereocenters. The quantitative estimate of drug-likeness (QED) is 0.130. The molecule has 0 saturated carbocycles. The van der Waals surface area contributed by atoms with Gasteiger partial charge in [-0.25, -0.2) is 15.0 Å². The first-order valence-electron chi connectivity index (χ1n) is 25.4. The molecule has 6 heteroatoms. The molecule has 1 aromatic heterocycles. The van der Waals surface area contributed by atoms with Gasteiger partial charge in [0.25, 0.3) is 6.71 Å². The first-order valence-corrected chi connectivity index (χ1v) is 25.4. The Morgan fingerprint density at radius 1 is 0.380 bits per heavy atom. The van der Waals surface area contributed by atoms with Crippen LogP contribution in [0.3, 0.4) is 0 Å². The van der Waals surface area contributed by atoms with E-state index in [9.17, 15) is 0 Å². The van der Waals surface area contributed by atoms with E-state index in [0.29, 0.717) is 5.82 Å². The summed E-state index contributed by atoms with van der Waals surface area (Å²) >= 11 is 0. The van der Waals surface area contributed by atoms with Crippen LogP contribution in [0.5, 0.6) is 0 Å². The van der Waals surface area contributed by atoms with Gasteiger partial charge in [-0.3, -0.25) is 0 Å². The molecule has 9 aromatic carbocycles. The highest BCUT2D eigenvalue weighted by Crippen LogP contribution is 2.51. The van der Waals surface area contributed by atoms with Crippen molar-refractivity contribution in [3.05, 3.63) is 181 Å². The highest BCUT2D eigenvalue weighted by molar-refractivity contribution is 7.00. The number of hydrogen-bond acceptors (Lipinski definition) is 5. The monoisotopic (exact) mass is 924 g/mol. The van der Waals surface area contributed by atoms with Crippen LogP contribution in [0, 0.1) is 0 Å². The third kappa shape index (κ3) is 7.23. The Hall–Kier alpha value is -7.31. The predicted molar refractivity (Wildman–Crippen MR) is 304 cm³/mol. The molecule has 3 heterocycles. The van der Waals surface area contributed by atoms with Crippen molar-refractivity contribution in [2.45, 2.75) is 105 Å². The molecule has 0 radical (unpaired) electrons. The van der Waals surface area contributed by atoms with Crippen molar-refractivity contribution in [1.82, 2.24) is 15.0 Å². The molecule has 0 bridgehead atoms. The number of fused-ring (bicyclic) bond motifs is 12. The molecule has 12 rings (SSSR count). The van der Waals surface area contributed by atoms with Crippen LogP contribution < -0.4 is 26.2 Å². The number of benzene rings is 9. The second-order valence-electron chi connectivity index (χ2n) is 24.3. The highest BCUT2D eigenvalue weighted by Gasteiger charge is 2.46. The standard InChI is InChI=1S/C65H62BN5/c1-62(2,3)42-31-43(63(4,5)6)34-46(33-42)70-56-29-41(61-68-37-67-38-69-61)30-57-58(56)66(54-27-25-50-48-19-15-13-17-39(48)21-23-52(50)59(54)70)55-28-26-51-49-20-16-14-18-40(49)22-24-53(51)60(55)71(57)47-35-44(64(7,8)9)32-45(36-47)65(10,11)12/h13-38H,1-12H3. The lowest BCUT2D eigenvalue weighted by Crippen LogP contribution is -2.61. The Labute approximate surface area is 419 Å². The van der Waals surface area contributed by atoms with Crippen molar-refractivity contribution in [2.24, 2.45) is 0 Å². The van der Waals surface area contributed by atoms with Crippen molar-refractivity contribution < 1.29 is 0 Å². The Bertz CT molecular complexity index is 3530. The van der Waals surface area contributed by atoms with E-state index in [-0.39, 0.29) is 28.4 Å². The van der Waals surface area contributed by atoms with Gasteiger partial charge >= 0.3 is 0 Å². The van der Waals surface area contributed by atoms with Gasteiger partial charge in [0.15, 0.2) is 5.82 Å². The minimum absolute atomic E-state index is 0.109. The lowest BCUT2D eigenvalue weighted by atomic mass is 9.33. The first-order chi connectivity index (χ1) is 33.7. The number of rotatable bonds is 3. The van der Waals surface area contributed by atoms with E-state index < -0.39 is 0 Å². The van der Waals surface area contributed by atoms with Crippen LogP contribution in [0.25, 0.3) is 54.5 Å². The average molecular weight is 924 g/mol. The summed E-state index contributed by atoms with van der Waals surface area (Å²) in [5.74, 6) is 0.637. The normalized spacial score (nSPS) is 13.8. The van der Waals surface area contributed by atoms with Crippen LogP contribution in [-0.2, 0) is 21.7 Å². The van der Waals surface area contributed by atoms with E-state index in [1.165, 1.54) is 93.1 Å². The van der Waals surface area contributed by atoms with Crippen LogP contribution >= 0.6 is 0 Å². The summed E-state index contributed by atoms with van der Waals surface area (Å²) in [6, 6.07) is 56.2. The zero-order chi connectivity index (χ0) is 49.5. The van der Waals surface area contributed by atoms with Crippen molar-refractivity contribution in [3.63, 3.8) is 0 Å². The number of hydrogen-bond donors (Lipinski definition) is 0. The minimum atomic E-state index is -0.114. The van der Waals surface area contributed by atoms with Gasteiger partial charge in [-0.1, -0.05) is 192 Å². The van der Waals surface area contributed by atoms with Crippen LogP contribution in [-0.4, -0.2) is 21.7 Å². The van der Waals surface area contributed by atoms with Gasteiger partial charge in [0, 0.05) is 50.5 Å². The van der Waals surface area contributed by atoms with Gasteiger partial charge in [-0.15, -0.1) is 0 Å². The highest BCUT2D eigenvalue weighted by atomic mass is 15.2. The summed E-state index contributed by atoms with van der Waals surface area (Å²) < 4.78 is 0. The van der Waals surface area contributed by atoms with Gasteiger partial charge in [0.2, 0.25) is 0 Å². The van der Waals surface area contributed by atoms with E-state index >= 15 is 0 Å². The van der Waals surface area contributed by atoms with E-state index in [2.05, 4.69) is 243 Å². The molecule has 0 amide bonds. The van der Waals surface area contributed by atoms with Gasteiger partial charge < -0.3 is 9.80 Å². The van der Waals surface area contributed by atoms with Crippen LogP contribution in [0.2, 0.25) is 0 Å². The molecular formula is C65H62BN5. The molecule has 5 nitrogen and oxygen atoms in total. The predicted octanol–water partition coefficient (Wildman–Crippen LogP) is 15.4. The summed E-state index contributed by atoms with van der Waals surface area (Å²) in [5, 5.41) is 9.89. The van der Waals surface area contributed by atoms with Gasteiger partial charge in [0.05, 0.1) is 0 Å². The molecule has 2 aliphatic rings. The molecular weight excluding hydrogens is 862 g/mol. The van der Waals surface area contributed by atoms with E-state index in [1.54, 1.807) is 12.7 Å². The van der Waals surface area contributed by atoms with Gasteiger partial charge in [0.1, 0.15) is 12.7 Å². The summed E-state index contributed by atoms with van der Waals surface area (Å²) in [6.45, 7) is 27.9. The Morgan fingerprint density at radius 2 is 0.761 bits per heavy atom. The van der Waals surface area contributed by atoms with Gasteiger partial charge in [-0.2, -0.15) is 0 Å². The van der Waals surface area contributed by atoms with Crippen molar-refractivity contribution >= 4 is 100 Å². The first kappa shape index (κ1) is 44.9. The van der Waals surface area contributed by atoms with Crippen molar-refractivity contribution in [2.75, 3.05) is 9.80 Å². The zero-order valence-corrected chi connectivity index (χ0v) is 43.3. The Morgan fingerprint density at radius 3 is 1.15 bits per heavy atom. The maximum absolute atomic E-state index is 4.89. The van der Waals surface area contributed by atoms with E-state index in [4.69, 9.17) is 9.97 Å². The summed E-state index contributed by atoms with van der Waals surface area (Å²) in [7, 11) is 0. The summed E-state index contributed by atoms with van der Waals surface area (Å²) in [5.41, 5.74) is 16.5. The molecule has 0 spiro atoms. The third-order valence-corrected chi connectivity index (χ3v) is 15.4. The smallest absolute Gasteiger partial charge is 0.252 e. The van der Waals surface area contributed by atoms with Crippen LogP contribution in [0.1, 0.15) is 105 Å². The molecule has 0 atom stereocenters. The topological polar surface area (TPSA) is 45.2 Å². The molecule has 0 N–H and O–H groups in total. The molecule has 2 aliphatic heterocycles. The molecule has 71 heavy (non-hydrogen) atoms. The van der Waals surface area contributed by atoms with Crippen LogP contribution in [0.15, 0.2) is 158 Å². The lowest BCUT2D eigenvalue weighted by Gasteiger charge is -2.46. The average Bonchev–Trinajstić information content (AvgIpc) is 3.34.